The molecule has 0 saturated heterocycles. The Kier molecular flexibility index (Phi) is 4.52. The van der Waals surface area contributed by atoms with E-state index in [0.29, 0.717) is 17.9 Å². The fraction of sp³-hybridized carbons (Fsp3) is 0.462. The van der Waals surface area contributed by atoms with E-state index in [1.807, 2.05) is 0 Å². The van der Waals surface area contributed by atoms with Crippen LogP contribution in [-0.2, 0) is 6.42 Å². The minimum absolute atomic E-state index is 0.0161. The molecule has 0 saturated carbocycles. The molecule has 94 valence electrons. The normalized spacial score (nSPS) is 10.8. The molecule has 4 heteroatoms. The zero-order valence-electron chi connectivity index (χ0n) is 10.1. The van der Waals surface area contributed by atoms with E-state index in [2.05, 4.69) is 13.8 Å². The lowest BCUT2D eigenvalue weighted by Gasteiger charge is -2.10. The topological polar surface area (TPSA) is 77.8 Å². The van der Waals surface area contributed by atoms with Crippen LogP contribution < -0.4 is 0 Å². The van der Waals surface area contributed by atoms with E-state index in [-0.39, 0.29) is 17.1 Å². The smallest absolute Gasteiger partial charge is 0.191 e. The van der Waals surface area contributed by atoms with Gasteiger partial charge >= 0.3 is 0 Å². The average molecular weight is 238 g/mol. The number of aliphatic hydroxyl groups excluding tert-OH is 1. The molecule has 0 fully saturated rings. The van der Waals surface area contributed by atoms with E-state index in [9.17, 15) is 15.0 Å². The standard InChI is InChI=1S/C13H18O4/c1-8(2)3-4-9-5-10(13(17)7-14)12(16)6-11(9)15/h5-6,8,14-16H,3-4,7H2,1-2H3. The number of aromatic hydroxyl groups is 2. The highest BCUT2D eigenvalue weighted by molar-refractivity contribution is 5.99. The summed E-state index contributed by atoms with van der Waals surface area (Å²) in [6, 6.07) is 2.60. The Bertz CT molecular complexity index is 410. The van der Waals surface area contributed by atoms with Gasteiger partial charge < -0.3 is 15.3 Å². The molecule has 0 aliphatic carbocycles. The van der Waals surface area contributed by atoms with Gasteiger partial charge in [0.2, 0.25) is 0 Å². The maximum Gasteiger partial charge on any atom is 0.191 e. The van der Waals surface area contributed by atoms with Crippen LogP contribution in [0.2, 0.25) is 0 Å². The highest BCUT2D eigenvalue weighted by atomic mass is 16.3. The molecule has 0 atom stereocenters. The summed E-state index contributed by atoms with van der Waals surface area (Å²) in [7, 11) is 0. The summed E-state index contributed by atoms with van der Waals surface area (Å²) in [5, 5.41) is 27.9. The largest absolute Gasteiger partial charge is 0.508 e. The van der Waals surface area contributed by atoms with Crippen LogP contribution in [-0.4, -0.2) is 27.7 Å². The number of phenols is 2. The third-order valence-corrected chi connectivity index (χ3v) is 2.63. The van der Waals surface area contributed by atoms with Gasteiger partial charge in [0.15, 0.2) is 5.78 Å². The molecule has 0 bridgehead atoms. The Hall–Kier alpha value is -1.55. The Morgan fingerprint density at radius 2 is 1.88 bits per heavy atom. The van der Waals surface area contributed by atoms with E-state index >= 15 is 0 Å². The van der Waals surface area contributed by atoms with Gasteiger partial charge in [-0.3, -0.25) is 4.79 Å². The van der Waals surface area contributed by atoms with Crippen molar-refractivity contribution in [3.05, 3.63) is 23.3 Å². The first-order valence-corrected chi connectivity index (χ1v) is 5.64. The maximum absolute atomic E-state index is 11.3. The lowest BCUT2D eigenvalue weighted by molar-refractivity contribution is 0.0901. The van der Waals surface area contributed by atoms with Crippen LogP contribution in [0, 0.1) is 5.92 Å². The summed E-state index contributed by atoms with van der Waals surface area (Å²) in [4.78, 5) is 11.3. The second kappa shape index (κ2) is 5.68. The number of carbonyl (C=O) groups is 1. The van der Waals surface area contributed by atoms with Gasteiger partial charge in [-0.15, -0.1) is 0 Å². The predicted octanol–water partition coefficient (Wildman–Crippen LogP) is 1.86. The Morgan fingerprint density at radius 1 is 1.24 bits per heavy atom. The number of hydrogen-bond donors (Lipinski definition) is 3. The van der Waals surface area contributed by atoms with Crippen LogP contribution in [0.4, 0.5) is 0 Å². The zero-order valence-corrected chi connectivity index (χ0v) is 10.1. The molecule has 0 aromatic heterocycles. The van der Waals surface area contributed by atoms with Crippen LogP contribution in [0.25, 0.3) is 0 Å². The number of aryl methyl sites for hydroxylation is 1. The van der Waals surface area contributed by atoms with Gasteiger partial charge in [0.25, 0.3) is 0 Å². The summed E-state index contributed by atoms with van der Waals surface area (Å²) in [6.45, 7) is 3.48. The molecule has 4 nitrogen and oxygen atoms in total. The minimum atomic E-state index is -0.651. The minimum Gasteiger partial charge on any atom is -0.508 e. The highest BCUT2D eigenvalue weighted by Gasteiger charge is 2.14. The summed E-state index contributed by atoms with van der Waals surface area (Å²) >= 11 is 0. The second-order valence-electron chi connectivity index (χ2n) is 4.51. The quantitative estimate of drug-likeness (QED) is 0.684. The zero-order chi connectivity index (χ0) is 13.0. The van der Waals surface area contributed by atoms with E-state index in [1.54, 1.807) is 0 Å². The summed E-state index contributed by atoms with van der Waals surface area (Å²) in [5.74, 6) is -0.374. The molecular weight excluding hydrogens is 220 g/mol. The van der Waals surface area contributed by atoms with Gasteiger partial charge in [0.05, 0.1) is 5.56 Å². The monoisotopic (exact) mass is 238 g/mol. The van der Waals surface area contributed by atoms with Crippen molar-refractivity contribution in [1.82, 2.24) is 0 Å². The van der Waals surface area contributed by atoms with Crippen molar-refractivity contribution in [2.45, 2.75) is 26.7 Å². The number of aliphatic hydroxyl groups is 1. The lowest BCUT2D eigenvalue weighted by Crippen LogP contribution is -2.06. The summed E-state index contributed by atoms with van der Waals surface area (Å²) < 4.78 is 0. The lowest BCUT2D eigenvalue weighted by atomic mass is 9.98. The van der Waals surface area contributed by atoms with Gasteiger partial charge in [0.1, 0.15) is 18.1 Å². The first-order valence-electron chi connectivity index (χ1n) is 5.64. The predicted molar refractivity (Wildman–Crippen MR) is 64.3 cm³/mol. The molecular formula is C13H18O4. The number of hydrogen-bond acceptors (Lipinski definition) is 4. The molecule has 0 unspecified atom stereocenters. The molecule has 0 radical (unpaired) electrons. The van der Waals surface area contributed by atoms with Crippen LogP contribution in [0.1, 0.15) is 36.2 Å². The van der Waals surface area contributed by atoms with Crippen molar-refractivity contribution in [3.8, 4) is 11.5 Å². The van der Waals surface area contributed by atoms with Crippen molar-refractivity contribution >= 4 is 5.78 Å². The molecule has 0 amide bonds. The van der Waals surface area contributed by atoms with Gasteiger partial charge in [-0.2, -0.15) is 0 Å². The molecule has 3 N–H and O–H groups in total. The molecule has 0 aliphatic rings. The highest BCUT2D eigenvalue weighted by Crippen LogP contribution is 2.29. The van der Waals surface area contributed by atoms with E-state index < -0.39 is 12.4 Å². The molecule has 1 aromatic carbocycles. The third kappa shape index (κ3) is 3.46. The molecule has 1 rings (SSSR count). The first kappa shape index (κ1) is 13.5. The van der Waals surface area contributed by atoms with Gasteiger partial charge in [-0.25, -0.2) is 0 Å². The van der Waals surface area contributed by atoms with Crippen LogP contribution in [0.5, 0.6) is 11.5 Å². The number of rotatable bonds is 5. The van der Waals surface area contributed by atoms with Crippen molar-refractivity contribution < 1.29 is 20.1 Å². The van der Waals surface area contributed by atoms with Gasteiger partial charge in [-0.1, -0.05) is 13.8 Å². The van der Waals surface area contributed by atoms with Crippen molar-refractivity contribution in [2.24, 2.45) is 5.92 Å². The van der Waals surface area contributed by atoms with Crippen LogP contribution >= 0.6 is 0 Å². The molecule has 0 heterocycles. The van der Waals surface area contributed by atoms with Gasteiger partial charge in [0, 0.05) is 6.07 Å². The SMILES string of the molecule is CC(C)CCc1cc(C(=O)CO)c(O)cc1O. The molecule has 0 spiro atoms. The average Bonchev–Trinajstić information content (AvgIpc) is 2.26. The summed E-state index contributed by atoms with van der Waals surface area (Å²) in [6.07, 6.45) is 1.51. The van der Waals surface area contributed by atoms with Gasteiger partial charge in [-0.05, 0) is 30.4 Å². The van der Waals surface area contributed by atoms with E-state index in [4.69, 9.17) is 5.11 Å². The molecule has 1 aromatic rings. The summed E-state index contributed by atoms with van der Waals surface area (Å²) in [5.41, 5.74) is 0.678. The number of carbonyl (C=O) groups excluding carboxylic acids is 1. The number of benzene rings is 1. The second-order valence-corrected chi connectivity index (χ2v) is 4.51. The maximum atomic E-state index is 11.3. The van der Waals surface area contributed by atoms with E-state index in [1.165, 1.54) is 6.07 Å². The van der Waals surface area contributed by atoms with Crippen molar-refractivity contribution in [1.29, 1.82) is 0 Å². The first-order chi connectivity index (χ1) is 7.95. The van der Waals surface area contributed by atoms with Crippen LogP contribution in [0.3, 0.4) is 0 Å². The number of Topliss-reactive ketones (excluding diaryl/α,β-unsaturated/α-hetero) is 1. The Morgan fingerprint density at radius 3 is 2.41 bits per heavy atom. The fourth-order valence-corrected chi connectivity index (χ4v) is 1.57. The fourth-order valence-electron chi connectivity index (χ4n) is 1.57. The third-order valence-electron chi connectivity index (χ3n) is 2.63. The molecule has 17 heavy (non-hydrogen) atoms. The number of ketones is 1. The Labute approximate surface area is 101 Å². The number of phenolic OH excluding ortho intramolecular Hbond substituents is 2. The van der Waals surface area contributed by atoms with E-state index in [0.717, 1.165) is 12.5 Å². The van der Waals surface area contributed by atoms with Crippen LogP contribution in [0.15, 0.2) is 12.1 Å². The van der Waals surface area contributed by atoms with Crippen molar-refractivity contribution in [2.75, 3.05) is 6.61 Å². The van der Waals surface area contributed by atoms with Crippen molar-refractivity contribution in [3.63, 3.8) is 0 Å². The molecule has 0 aliphatic heterocycles. The Balaban J connectivity index is 3.01.